The van der Waals surface area contributed by atoms with E-state index in [9.17, 15) is 13.5 Å². The number of hydrogen-bond donors (Lipinski definition) is 3. The Balaban J connectivity index is 1.67. The van der Waals surface area contributed by atoms with E-state index in [1.165, 1.54) is 6.20 Å². The zero-order valence-corrected chi connectivity index (χ0v) is 18.2. The van der Waals surface area contributed by atoms with Gasteiger partial charge in [0.2, 0.25) is 10.0 Å². The fourth-order valence-corrected chi connectivity index (χ4v) is 5.04. The Hall–Kier alpha value is -2.82. The molecule has 1 aliphatic carbocycles. The molecule has 1 saturated carbocycles. The molecule has 1 aromatic carbocycles. The highest BCUT2D eigenvalue weighted by Crippen LogP contribution is 2.30. The van der Waals surface area contributed by atoms with Crippen molar-refractivity contribution >= 4 is 15.8 Å². The number of rotatable bonds is 5. The van der Waals surface area contributed by atoms with Gasteiger partial charge in [-0.25, -0.2) is 23.1 Å². The predicted octanol–water partition coefficient (Wildman–Crippen LogP) is 2.58. The number of hydrogen-bond acceptors (Lipinski definition) is 8. The molecule has 0 bridgehead atoms. The lowest BCUT2D eigenvalue weighted by molar-refractivity contribution is 0.120. The highest BCUT2D eigenvalue weighted by atomic mass is 32.2. The number of nitrogens with zero attached hydrogens (tertiary/aromatic N) is 3. The number of aromatic nitrogens is 3. The van der Waals surface area contributed by atoms with Gasteiger partial charge in [0.05, 0.1) is 28.6 Å². The van der Waals surface area contributed by atoms with Gasteiger partial charge in [-0.05, 0) is 57.2 Å². The van der Waals surface area contributed by atoms with Crippen LogP contribution in [0.25, 0.3) is 22.7 Å². The number of aliphatic hydroxyl groups excluding tert-OH is 1. The fourth-order valence-electron chi connectivity index (χ4n) is 3.71. The van der Waals surface area contributed by atoms with Gasteiger partial charge in [-0.2, -0.15) is 0 Å². The molecule has 1 aliphatic rings. The van der Waals surface area contributed by atoms with Crippen molar-refractivity contribution < 1.29 is 18.0 Å². The van der Waals surface area contributed by atoms with E-state index in [0.717, 1.165) is 5.56 Å². The van der Waals surface area contributed by atoms with Crippen LogP contribution in [0.2, 0.25) is 0 Å². The Morgan fingerprint density at radius 1 is 1.16 bits per heavy atom. The molecule has 31 heavy (non-hydrogen) atoms. The van der Waals surface area contributed by atoms with Crippen LogP contribution in [0.15, 0.2) is 39.9 Å². The largest absolute Gasteiger partial charge is 0.393 e. The highest BCUT2D eigenvalue weighted by molar-refractivity contribution is 7.89. The first kappa shape index (κ1) is 21.4. The Morgan fingerprint density at radius 3 is 2.58 bits per heavy atom. The summed E-state index contributed by atoms with van der Waals surface area (Å²) in [5.74, 6) is 0.592. The molecule has 0 aliphatic heterocycles. The first-order valence-electron chi connectivity index (χ1n) is 10.1. The van der Waals surface area contributed by atoms with Crippen LogP contribution in [0.3, 0.4) is 0 Å². The molecular weight excluding hydrogens is 418 g/mol. The minimum absolute atomic E-state index is 0.148. The van der Waals surface area contributed by atoms with E-state index < -0.39 is 10.0 Å². The van der Waals surface area contributed by atoms with E-state index in [1.54, 1.807) is 31.2 Å². The van der Waals surface area contributed by atoms with Gasteiger partial charge in [0.1, 0.15) is 0 Å². The van der Waals surface area contributed by atoms with Crippen molar-refractivity contribution in [1.29, 1.82) is 0 Å². The highest BCUT2D eigenvalue weighted by Gasteiger charge is 2.25. The number of nitrogen functional groups attached to an aromatic ring is 1. The molecule has 10 heteroatoms. The summed E-state index contributed by atoms with van der Waals surface area (Å²) in [5, 5.41) is 13.5. The monoisotopic (exact) mass is 443 g/mol. The normalized spacial score (nSPS) is 19.5. The first-order valence-corrected chi connectivity index (χ1v) is 11.6. The zero-order chi connectivity index (χ0) is 22.2. The van der Waals surface area contributed by atoms with Crippen molar-refractivity contribution in [2.24, 2.45) is 0 Å². The zero-order valence-electron chi connectivity index (χ0n) is 17.4. The molecule has 2 aromatic heterocycles. The van der Waals surface area contributed by atoms with Crippen molar-refractivity contribution in [3.8, 4) is 22.7 Å². The topological polar surface area (TPSA) is 144 Å². The Bertz CT molecular complexity index is 1200. The smallest absolute Gasteiger partial charge is 0.240 e. The lowest BCUT2D eigenvalue weighted by Gasteiger charge is -2.26. The van der Waals surface area contributed by atoms with Crippen molar-refractivity contribution in [3.63, 3.8) is 0 Å². The van der Waals surface area contributed by atoms with E-state index in [4.69, 9.17) is 10.3 Å². The van der Waals surface area contributed by atoms with Gasteiger partial charge in [-0.15, -0.1) is 0 Å². The summed E-state index contributed by atoms with van der Waals surface area (Å²) in [6, 6.07) is 6.43. The predicted molar refractivity (Wildman–Crippen MR) is 115 cm³/mol. The van der Waals surface area contributed by atoms with E-state index in [-0.39, 0.29) is 22.9 Å². The minimum Gasteiger partial charge on any atom is -0.393 e. The number of anilines is 1. The maximum absolute atomic E-state index is 13.0. The maximum Gasteiger partial charge on any atom is 0.240 e. The summed E-state index contributed by atoms with van der Waals surface area (Å²) >= 11 is 0. The number of aryl methyl sites for hydroxylation is 2. The maximum atomic E-state index is 13.0. The molecule has 0 radical (unpaired) electrons. The second kappa shape index (κ2) is 8.37. The van der Waals surface area contributed by atoms with Crippen LogP contribution in [0.4, 0.5) is 5.82 Å². The van der Waals surface area contributed by atoms with Crippen molar-refractivity contribution in [3.05, 3.63) is 41.7 Å². The number of benzene rings is 1. The molecule has 0 spiro atoms. The van der Waals surface area contributed by atoms with Gasteiger partial charge in [0, 0.05) is 17.7 Å². The van der Waals surface area contributed by atoms with Crippen LogP contribution < -0.4 is 10.5 Å². The van der Waals surface area contributed by atoms with Crippen molar-refractivity contribution in [2.75, 3.05) is 5.73 Å². The molecule has 0 amide bonds. The molecule has 0 saturated heterocycles. The van der Waals surface area contributed by atoms with Crippen LogP contribution in [-0.4, -0.2) is 40.8 Å². The second-order valence-electron chi connectivity index (χ2n) is 7.93. The van der Waals surface area contributed by atoms with E-state index in [0.29, 0.717) is 54.1 Å². The molecule has 9 nitrogen and oxygen atoms in total. The molecule has 1 fully saturated rings. The second-order valence-corrected chi connectivity index (χ2v) is 9.64. The summed E-state index contributed by atoms with van der Waals surface area (Å²) in [4.78, 5) is 8.93. The van der Waals surface area contributed by atoms with E-state index in [1.807, 2.05) is 6.92 Å². The summed E-state index contributed by atoms with van der Waals surface area (Å²) in [7, 11) is -3.72. The lowest BCUT2D eigenvalue weighted by Crippen LogP contribution is -2.38. The molecule has 0 atom stereocenters. The van der Waals surface area contributed by atoms with Crippen LogP contribution in [0, 0.1) is 13.8 Å². The molecule has 4 rings (SSSR count). The van der Waals surface area contributed by atoms with Gasteiger partial charge < -0.3 is 15.4 Å². The van der Waals surface area contributed by atoms with Gasteiger partial charge >= 0.3 is 0 Å². The molecule has 164 valence electrons. The fraction of sp³-hybridized carbons (Fsp3) is 0.381. The van der Waals surface area contributed by atoms with Crippen molar-refractivity contribution in [2.45, 2.75) is 56.6 Å². The van der Waals surface area contributed by atoms with Gasteiger partial charge in [-0.1, -0.05) is 11.2 Å². The summed E-state index contributed by atoms with van der Waals surface area (Å²) in [6.07, 6.45) is 3.58. The molecular formula is C21H25N5O4S. The molecule has 4 N–H and O–H groups in total. The average Bonchev–Trinajstić information content (AvgIpc) is 3.16. The average molecular weight is 444 g/mol. The minimum atomic E-state index is -3.72. The standard InChI is InChI=1S/C21H25N5O4S/c1-12-3-8-16(31(28,29)26-14-4-6-15(27)7-5-14)10-17(12)18-11-23-21(22)20(24-18)19-9-13(2)25-30-19/h3,8-11,14-15,26-27H,4-7H2,1-2H3,(H2,22,23). The van der Waals surface area contributed by atoms with Gasteiger partial charge in [0.15, 0.2) is 17.3 Å². The third-order valence-corrected chi connectivity index (χ3v) is 6.99. The molecule has 2 heterocycles. The van der Waals surface area contributed by atoms with Crippen LogP contribution >= 0.6 is 0 Å². The third-order valence-electron chi connectivity index (χ3n) is 5.48. The summed E-state index contributed by atoms with van der Waals surface area (Å²) < 4.78 is 34.0. The first-order chi connectivity index (χ1) is 14.7. The Morgan fingerprint density at radius 2 is 1.90 bits per heavy atom. The van der Waals surface area contributed by atoms with E-state index in [2.05, 4.69) is 19.8 Å². The third kappa shape index (κ3) is 4.60. The molecule has 0 unspecified atom stereocenters. The summed E-state index contributed by atoms with van der Waals surface area (Å²) in [6.45, 7) is 3.66. The van der Waals surface area contributed by atoms with Crippen LogP contribution in [0.1, 0.15) is 36.9 Å². The SMILES string of the molecule is Cc1cc(-c2nc(-c3cc(S(=O)(=O)NC4CCC(O)CC4)ccc3C)cnc2N)on1. The van der Waals surface area contributed by atoms with Crippen LogP contribution in [0.5, 0.6) is 0 Å². The number of nitrogens with two attached hydrogens (primary N) is 1. The number of sulfonamides is 1. The number of nitrogens with one attached hydrogen (secondary N) is 1. The Kier molecular flexibility index (Phi) is 5.78. The van der Waals surface area contributed by atoms with Gasteiger partial charge in [0.25, 0.3) is 0 Å². The van der Waals surface area contributed by atoms with E-state index >= 15 is 0 Å². The Labute approximate surface area is 180 Å². The molecule has 3 aromatic rings. The summed E-state index contributed by atoms with van der Waals surface area (Å²) in [5.41, 5.74) is 8.97. The van der Waals surface area contributed by atoms with Gasteiger partial charge in [-0.3, -0.25) is 0 Å². The number of aliphatic hydroxyl groups is 1. The van der Waals surface area contributed by atoms with Crippen LogP contribution in [-0.2, 0) is 10.0 Å². The quantitative estimate of drug-likeness (QED) is 0.546. The lowest BCUT2D eigenvalue weighted by atomic mass is 9.94. The van der Waals surface area contributed by atoms with Crippen molar-refractivity contribution in [1.82, 2.24) is 19.8 Å².